The summed E-state index contributed by atoms with van der Waals surface area (Å²) in [6.07, 6.45) is 8.69. The molecule has 2 aliphatic rings. The zero-order chi connectivity index (χ0) is 29.9. The van der Waals surface area contributed by atoms with E-state index in [0.29, 0.717) is 29.7 Å². The fraction of sp³-hybridized carbons (Fsp3) is 0.267. The smallest absolute Gasteiger partial charge is 0.273 e. The molecule has 2 bridgehead atoms. The van der Waals surface area contributed by atoms with E-state index in [-0.39, 0.29) is 46.3 Å². The van der Waals surface area contributed by atoms with E-state index in [1.54, 1.807) is 18.5 Å². The predicted molar refractivity (Wildman–Crippen MR) is 161 cm³/mol. The fourth-order valence-corrected chi connectivity index (χ4v) is 7.63. The predicted octanol–water partition coefficient (Wildman–Crippen LogP) is 3.37. The molecule has 0 saturated carbocycles. The Labute approximate surface area is 247 Å². The van der Waals surface area contributed by atoms with E-state index in [4.69, 9.17) is 16.5 Å². The number of hydrogen-bond donors (Lipinski definition) is 2. The summed E-state index contributed by atoms with van der Waals surface area (Å²) < 4.78 is 27.6. The third kappa shape index (κ3) is 4.65. The van der Waals surface area contributed by atoms with Crippen molar-refractivity contribution in [2.45, 2.75) is 48.6 Å². The Hall–Kier alpha value is -4.91. The topological polar surface area (TPSA) is 175 Å². The van der Waals surface area contributed by atoms with Crippen LogP contribution in [-0.2, 0) is 9.84 Å². The molecular formula is C30H29N9O3S. The highest BCUT2D eigenvalue weighted by Gasteiger charge is 2.46. The minimum Gasteiger partial charge on any atom is -0.382 e. The molecule has 1 aromatic carbocycles. The highest BCUT2D eigenvalue weighted by molar-refractivity contribution is 7.91. The van der Waals surface area contributed by atoms with Crippen LogP contribution in [0.2, 0.25) is 0 Å². The van der Waals surface area contributed by atoms with Gasteiger partial charge in [-0.15, -0.1) is 0 Å². The van der Waals surface area contributed by atoms with Gasteiger partial charge in [0.15, 0.2) is 15.5 Å². The lowest BCUT2D eigenvalue weighted by Crippen LogP contribution is -2.46. The SMILES string of the molecule is CS(=O)(=O)c1c(C2CC3CC[C@@H](C2)N3C(=O)c2ccnc(N)n2)nc2c(-c3ccc(-c4ccccc4)nc3)cnn2c1N. The number of pyridine rings is 1. The molecule has 0 spiro atoms. The average Bonchev–Trinajstić information content (AvgIpc) is 3.54. The maximum Gasteiger partial charge on any atom is 0.273 e. The molecule has 12 nitrogen and oxygen atoms in total. The summed E-state index contributed by atoms with van der Waals surface area (Å²) in [6, 6.07) is 15.1. The number of amides is 1. The van der Waals surface area contributed by atoms with Gasteiger partial charge in [-0.25, -0.2) is 23.4 Å². The normalized spacial score (nSPS) is 20.0. The van der Waals surface area contributed by atoms with E-state index in [1.807, 2.05) is 47.4 Å². The molecule has 2 saturated heterocycles. The molecule has 1 amide bonds. The van der Waals surface area contributed by atoms with Crippen LogP contribution in [0.25, 0.3) is 28.0 Å². The standard InChI is InChI=1S/C30H29N9O3S/c1-43(41,42)26-25(19-13-20-8-9-21(14-19)38(20)29(40)24-11-12-33-30(32)36-24)37-28-22(16-35-39(28)27(26)31)18-7-10-23(34-15-18)17-5-3-2-4-6-17/h2-7,10-12,15-16,19-21H,8-9,13-14,31H2,1H3,(H2,32,33,36)/t19?,20-,21?/m0/s1. The van der Waals surface area contributed by atoms with E-state index in [9.17, 15) is 13.2 Å². The van der Waals surface area contributed by atoms with Crippen LogP contribution < -0.4 is 11.5 Å². The molecule has 5 aromatic rings. The Morgan fingerprint density at radius 1 is 0.907 bits per heavy atom. The Bertz CT molecular complexity index is 1960. The van der Waals surface area contributed by atoms with Crippen molar-refractivity contribution in [1.82, 2.24) is 34.4 Å². The van der Waals surface area contributed by atoms with Gasteiger partial charge in [-0.3, -0.25) is 9.78 Å². The number of nitrogen functional groups attached to an aromatic ring is 2. The number of nitrogens with two attached hydrogens (primary N) is 2. The molecule has 2 aliphatic heterocycles. The summed E-state index contributed by atoms with van der Waals surface area (Å²) in [5.41, 5.74) is 16.7. The van der Waals surface area contributed by atoms with Crippen LogP contribution in [0, 0.1) is 0 Å². The minimum atomic E-state index is -3.76. The largest absolute Gasteiger partial charge is 0.382 e. The van der Waals surface area contributed by atoms with Crippen LogP contribution in [0.5, 0.6) is 0 Å². The Kier molecular flexibility index (Phi) is 6.34. The zero-order valence-electron chi connectivity index (χ0n) is 23.3. The van der Waals surface area contributed by atoms with E-state index in [0.717, 1.165) is 35.9 Å². The molecule has 3 atom stereocenters. The number of nitrogens with zero attached hydrogens (tertiary/aromatic N) is 7. The van der Waals surface area contributed by atoms with Crippen LogP contribution in [-0.4, -0.2) is 67.1 Å². The third-order valence-electron chi connectivity index (χ3n) is 8.43. The number of carbonyl (C=O) groups excluding carboxylic acids is 1. The lowest BCUT2D eigenvalue weighted by Gasteiger charge is -2.39. The lowest BCUT2D eigenvalue weighted by molar-refractivity contribution is 0.0562. The number of fused-ring (bicyclic) bond motifs is 3. The maximum absolute atomic E-state index is 13.4. The Balaban J connectivity index is 1.27. The van der Waals surface area contributed by atoms with Gasteiger partial charge in [-0.05, 0) is 37.8 Å². The zero-order valence-corrected chi connectivity index (χ0v) is 24.1. The van der Waals surface area contributed by atoms with Gasteiger partial charge < -0.3 is 16.4 Å². The number of anilines is 2. The fourth-order valence-electron chi connectivity index (χ4n) is 6.57. The van der Waals surface area contributed by atoms with Gasteiger partial charge in [-0.1, -0.05) is 36.4 Å². The van der Waals surface area contributed by atoms with Gasteiger partial charge in [0.2, 0.25) is 5.95 Å². The molecule has 43 heavy (non-hydrogen) atoms. The van der Waals surface area contributed by atoms with Crippen LogP contribution >= 0.6 is 0 Å². The van der Waals surface area contributed by atoms with E-state index in [2.05, 4.69) is 20.1 Å². The second kappa shape index (κ2) is 10.1. The molecule has 2 fully saturated rings. The quantitative estimate of drug-likeness (QED) is 0.306. The summed E-state index contributed by atoms with van der Waals surface area (Å²) in [5.74, 6) is -0.364. The van der Waals surface area contributed by atoms with Gasteiger partial charge in [0.05, 0.1) is 17.6 Å². The first-order chi connectivity index (χ1) is 20.7. The molecule has 6 heterocycles. The van der Waals surface area contributed by atoms with Gasteiger partial charge in [0.1, 0.15) is 16.4 Å². The molecule has 0 radical (unpaired) electrons. The summed E-state index contributed by atoms with van der Waals surface area (Å²) in [5, 5.41) is 4.42. The number of benzene rings is 1. The van der Waals surface area contributed by atoms with Gasteiger partial charge in [0, 0.05) is 53.3 Å². The monoisotopic (exact) mass is 595 g/mol. The molecule has 2 unspecified atom stereocenters. The first kappa shape index (κ1) is 27.0. The van der Waals surface area contributed by atoms with Crippen LogP contribution in [0.3, 0.4) is 0 Å². The van der Waals surface area contributed by atoms with Crippen molar-refractivity contribution < 1.29 is 13.2 Å². The van der Waals surface area contributed by atoms with Crippen LogP contribution in [0.15, 0.2) is 72.0 Å². The van der Waals surface area contributed by atoms with E-state index < -0.39 is 9.84 Å². The first-order valence-electron chi connectivity index (χ1n) is 14.0. The number of piperidine rings is 1. The van der Waals surface area contributed by atoms with Gasteiger partial charge in [0.25, 0.3) is 5.91 Å². The molecule has 13 heteroatoms. The Morgan fingerprint density at radius 2 is 1.65 bits per heavy atom. The average molecular weight is 596 g/mol. The van der Waals surface area contributed by atoms with Crippen molar-refractivity contribution in [1.29, 1.82) is 0 Å². The summed E-state index contributed by atoms with van der Waals surface area (Å²) in [7, 11) is -3.76. The third-order valence-corrected chi connectivity index (χ3v) is 9.59. The lowest BCUT2D eigenvalue weighted by atomic mass is 9.87. The molecule has 7 rings (SSSR count). The van der Waals surface area contributed by atoms with Crippen molar-refractivity contribution in [2.24, 2.45) is 0 Å². The van der Waals surface area contributed by atoms with E-state index in [1.165, 1.54) is 10.7 Å². The van der Waals surface area contributed by atoms with Crippen LogP contribution in [0.1, 0.15) is 47.8 Å². The molecule has 0 aliphatic carbocycles. The van der Waals surface area contributed by atoms with Crippen molar-refractivity contribution in [3.05, 3.63) is 78.5 Å². The van der Waals surface area contributed by atoms with Crippen molar-refractivity contribution in [3.8, 4) is 22.4 Å². The number of aromatic nitrogens is 6. The summed E-state index contributed by atoms with van der Waals surface area (Å²) in [4.78, 5) is 32.9. The minimum absolute atomic E-state index is 0.0139. The molecule has 4 aromatic heterocycles. The number of carbonyl (C=O) groups is 1. The second-order valence-electron chi connectivity index (χ2n) is 11.1. The van der Waals surface area contributed by atoms with Gasteiger partial charge >= 0.3 is 0 Å². The van der Waals surface area contributed by atoms with Crippen LogP contribution in [0.4, 0.5) is 11.8 Å². The highest BCUT2D eigenvalue weighted by atomic mass is 32.2. The van der Waals surface area contributed by atoms with E-state index >= 15 is 0 Å². The van der Waals surface area contributed by atoms with Crippen molar-refractivity contribution in [3.63, 3.8) is 0 Å². The first-order valence-corrected chi connectivity index (χ1v) is 15.9. The van der Waals surface area contributed by atoms with Crippen molar-refractivity contribution >= 4 is 33.2 Å². The number of rotatable bonds is 5. The Morgan fingerprint density at radius 3 is 2.30 bits per heavy atom. The number of hydrogen-bond acceptors (Lipinski definition) is 10. The maximum atomic E-state index is 13.4. The van der Waals surface area contributed by atoms with Crippen molar-refractivity contribution in [2.75, 3.05) is 17.7 Å². The molecular weight excluding hydrogens is 566 g/mol. The highest BCUT2D eigenvalue weighted by Crippen LogP contribution is 2.45. The second-order valence-corrected chi connectivity index (χ2v) is 13.1. The number of sulfone groups is 1. The molecule has 218 valence electrons. The summed E-state index contributed by atoms with van der Waals surface area (Å²) in [6.45, 7) is 0. The van der Waals surface area contributed by atoms with Gasteiger partial charge in [-0.2, -0.15) is 9.61 Å². The molecule has 4 N–H and O–H groups in total. The summed E-state index contributed by atoms with van der Waals surface area (Å²) >= 11 is 0.